The van der Waals surface area contributed by atoms with Crippen LogP contribution < -0.4 is 10.1 Å². The summed E-state index contributed by atoms with van der Waals surface area (Å²) in [5.41, 5.74) is 0. The predicted octanol–water partition coefficient (Wildman–Crippen LogP) is 1.93. The lowest BCUT2D eigenvalue weighted by Crippen LogP contribution is -2.22. The molecule has 1 rings (SSSR count). The van der Waals surface area contributed by atoms with Gasteiger partial charge in [-0.05, 0) is 26.0 Å². The van der Waals surface area contributed by atoms with Gasteiger partial charge < -0.3 is 14.8 Å². The summed E-state index contributed by atoms with van der Waals surface area (Å²) < 4.78 is 10.5. The molecule has 1 atom stereocenters. The van der Waals surface area contributed by atoms with Crippen LogP contribution in [0.4, 0.5) is 5.82 Å². The maximum atomic E-state index is 5.31. The molecular formula is C11H18N2O2. The summed E-state index contributed by atoms with van der Waals surface area (Å²) >= 11 is 0. The molecule has 0 saturated heterocycles. The van der Waals surface area contributed by atoms with E-state index >= 15 is 0 Å². The molecule has 4 heteroatoms. The van der Waals surface area contributed by atoms with Crippen LogP contribution in [0.15, 0.2) is 18.3 Å². The van der Waals surface area contributed by atoms with E-state index in [9.17, 15) is 0 Å². The molecule has 0 aliphatic heterocycles. The topological polar surface area (TPSA) is 43.4 Å². The zero-order valence-electron chi connectivity index (χ0n) is 9.49. The first-order chi connectivity index (χ1) is 7.27. The fourth-order valence-corrected chi connectivity index (χ4v) is 1.23. The third kappa shape index (κ3) is 3.75. The molecule has 0 aliphatic rings. The van der Waals surface area contributed by atoms with Gasteiger partial charge >= 0.3 is 0 Å². The van der Waals surface area contributed by atoms with Crippen LogP contribution in [0.5, 0.6) is 5.75 Å². The van der Waals surface area contributed by atoms with Gasteiger partial charge in [-0.1, -0.05) is 0 Å². The first-order valence-corrected chi connectivity index (χ1v) is 5.11. The molecule has 0 spiro atoms. The number of hydrogen-bond donors (Lipinski definition) is 1. The molecule has 0 aromatic carbocycles. The molecule has 1 heterocycles. The van der Waals surface area contributed by atoms with Gasteiger partial charge in [-0.25, -0.2) is 4.98 Å². The maximum absolute atomic E-state index is 5.31. The van der Waals surface area contributed by atoms with Gasteiger partial charge in [0.25, 0.3) is 0 Å². The molecule has 1 unspecified atom stereocenters. The lowest BCUT2D eigenvalue weighted by Gasteiger charge is -2.15. The van der Waals surface area contributed by atoms with Gasteiger partial charge in [0.05, 0.1) is 13.7 Å². The molecule has 1 aromatic heterocycles. The molecular weight excluding hydrogens is 192 g/mol. The van der Waals surface area contributed by atoms with Crippen LogP contribution in [-0.4, -0.2) is 31.3 Å². The van der Waals surface area contributed by atoms with Gasteiger partial charge in [0.2, 0.25) is 0 Å². The van der Waals surface area contributed by atoms with Gasteiger partial charge in [-0.3, -0.25) is 0 Å². The van der Waals surface area contributed by atoms with Crippen LogP contribution in [0.2, 0.25) is 0 Å². The van der Waals surface area contributed by atoms with Crippen molar-refractivity contribution in [3.63, 3.8) is 0 Å². The van der Waals surface area contributed by atoms with E-state index in [1.54, 1.807) is 13.3 Å². The van der Waals surface area contributed by atoms with E-state index in [-0.39, 0.29) is 6.04 Å². The third-order valence-electron chi connectivity index (χ3n) is 1.95. The molecule has 4 nitrogen and oxygen atoms in total. The average molecular weight is 210 g/mol. The molecule has 0 fully saturated rings. The number of nitrogens with one attached hydrogen (secondary N) is 1. The van der Waals surface area contributed by atoms with E-state index in [2.05, 4.69) is 10.3 Å². The summed E-state index contributed by atoms with van der Waals surface area (Å²) in [6, 6.07) is 3.94. The molecule has 84 valence electrons. The van der Waals surface area contributed by atoms with Crippen molar-refractivity contribution in [3.05, 3.63) is 18.3 Å². The second-order valence-corrected chi connectivity index (χ2v) is 3.26. The van der Waals surface area contributed by atoms with Crippen molar-refractivity contribution < 1.29 is 9.47 Å². The lowest BCUT2D eigenvalue weighted by molar-refractivity contribution is 0.141. The fourth-order valence-electron chi connectivity index (χ4n) is 1.23. The Kier molecular flexibility index (Phi) is 4.90. The number of methoxy groups -OCH3 is 1. The molecule has 1 aromatic rings. The van der Waals surface area contributed by atoms with Gasteiger partial charge in [0.1, 0.15) is 0 Å². The Labute approximate surface area is 90.6 Å². The number of hydrogen-bond acceptors (Lipinski definition) is 4. The summed E-state index contributed by atoms with van der Waals surface area (Å²) in [4.78, 5) is 4.21. The zero-order valence-corrected chi connectivity index (χ0v) is 9.49. The molecule has 0 bridgehead atoms. The first kappa shape index (κ1) is 11.8. The summed E-state index contributed by atoms with van der Waals surface area (Å²) in [5, 5.41) is 3.24. The van der Waals surface area contributed by atoms with E-state index < -0.39 is 0 Å². The molecule has 0 amide bonds. The van der Waals surface area contributed by atoms with Crippen molar-refractivity contribution in [1.82, 2.24) is 4.98 Å². The van der Waals surface area contributed by atoms with Gasteiger partial charge in [0, 0.05) is 18.8 Å². The van der Waals surface area contributed by atoms with Crippen molar-refractivity contribution in [2.45, 2.75) is 19.9 Å². The second-order valence-electron chi connectivity index (χ2n) is 3.26. The SMILES string of the molecule is CCOCC(C)Nc1ncccc1OC. The number of anilines is 1. The fraction of sp³-hybridized carbons (Fsp3) is 0.545. The highest BCUT2D eigenvalue weighted by Crippen LogP contribution is 2.20. The van der Waals surface area contributed by atoms with Crippen LogP contribution in [0.3, 0.4) is 0 Å². The monoisotopic (exact) mass is 210 g/mol. The second kappa shape index (κ2) is 6.24. The highest BCUT2D eigenvalue weighted by Gasteiger charge is 2.06. The Balaban J connectivity index is 2.55. The Hall–Kier alpha value is -1.29. The molecule has 15 heavy (non-hydrogen) atoms. The Bertz CT molecular complexity index is 292. The summed E-state index contributed by atoms with van der Waals surface area (Å²) in [6.07, 6.45) is 1.73. The highest BCUT2D eigenvalue weighted by atomic mass is 16.5. The minimum atomic E-state index is 0.216. The van der Waals surface area contributed by atoms with E-state index in [0.717, 1.165) is 18.2 Å². The van der Waals surface area contributed by atoms with Crippen molar-refractivity contribution in [3.8, 4) is 5.75 Å². The highest BCUT2D eigenvalue weighted by molar-refractivity contribution is 5.49. The number of rotatable bonds is 6. The number of pyridine rings is 1. The van der Waals surface area contributed by atoms with Crippen LogP contribution in [-0.2, 0) is 4.74 Å². The largest absolute Gasteiger partial charge is 0.493 e. The van der Waals surface area contributed by atoms with E-state index in [1.165, 1.54) is 0 Å². The van der Waals surface area contributed by atoms with E-state index in [0.29, 0.717) is 6.61 Å². The number of nitrogens with zero attached hydrogens (tertiary/aromatic N) is 1. The van der Waals surface area contributed by atoms with Gasteiger partial charge in [0.15, 0.2) is 11.6 Å². The average Bonchev–Trinajstić information content (AvgIpc) is 2.27. The van der Waals surface area contributed by atoms with E-state index in [4.69, 9.17) is 9.47 Å². The van der Waals surface area contributed by atoms with Gasteiger partial charge in [-0.2, -0.15) is 0 Å². The summed E-state index contributed by atoms with van der Waals surface area (Å²) in [5.74, 6) is 1.51. The quantitative estimate of drug-likeness (QED) is 0.779. The van der Waals surface area contributed by atoms with Crippen molar-refractivity contribution in [1.29, 1.82) is 0 Å². The van der Waals surface area contributed by atoms with Crippen LogP contribution in [0.1, 0.15) is 13.8 Å². The first-order valence-electron chi connectivity index (χ1n) is 5.11. The molecule has 0 aliphatic carbocycles. The number of aromatic nitrogens is 1. The molecule has 0 radical (unpaired) electrons. The Morgan fingerprint density at radius 2 is 2.33 bits per heavy atom. The van der Waals surface area contributed by atoms with Crippen LogP contribution in [0.25, 0.3) is 0 Å². The minimum Gasteiger partial charge on any atom is -0.493 e. The van der Waals surface area contributed by atoms with Crippen molar-refractivity contribution in [2.75, 3.05) is 25.6 Å². The van der Waals surface area contributed by atoms with E-state index in [1.807, 2.05) is 26.0 Å². The number of ether oxygens (including phenoxy) is 2. The van der Waals surface area contributed by atoms with Crippen LogP contribution >= 0.6 is 0 Å². The third-order valence-corrected chi connectivity index (χ3v) is 1.95. The predicted molar refractivity (Wildman–Crippen MR) is 60.4 cm³/mol. The van der Waals surface area contributed by atoms with Crippen molar-refractivity contribution >= 4 is 5.82 Å². The van der Waals surface area contributed by atoms with Gasteiger partial charge in [-0.15, -0.1) is 0 Å². The molecule has 1 N–H and O–H groups in total. The van der Waals surface area contributed by atoms with Crippen molar-refractivity contribution in [2.24, 2.45) is 0 Å². The molecule has 0 saturated carbocycles. The normalized spacial score (nSPS) is 12.2. The standard InChI is InChI=1S/C11H18N2O2/c1-4-15-8-9(2)13-11-10(14-3)6-5-7-12-11/h5-7,9H,4,8H2,1-3H3,(H,12,13). The smallest absolute Gasteiger partial charge is 0.169 e. The summed E-state index contributed by atoms with van der Waals surface area (Å²) in [7, 11) is 1.63. The zero-order chi connectivity index (χ0) is 11.1. The minimum absolute atomic E-state index is 0.216. The Morgan fingerprint density at radius 3 is 3.00 bits per heavy atom. The Morgan fingerprint density at radius 1 is 1.53 bits per heavy atom. The maximum Gasteiger partial charge on any atom is 0.169 e. The lowest BCUT2D eigenvalue weighted by atomic mass is 10.3. The summed E-state index contributed by atoms with van der Waals surface area (Å²) in [6.45, 7) is 5.42. The van der Waals surface area contributed by atoms with Crippen LogP contribution in [0, 0.1) is 0 Å².